The first-order valence-electron chi connectivity index (χ1n) is 5.18. The van der Waals surface area contributed by atoms with E-state index in [0.29, 0.717) is 10.9 Å². The van der Waals surface area contributed by atoms with Crippen LogP contribution in [0.4, 0.5) is 13.2 Å². The lowest BCUT2D eigenvalue weighted by atomic mass is 10.2. The Labute approximate surface area is 121 Å². The summed E-state index contributed by atoms with van der Waals surface area (Å²) in [6, 6.07) is 6.18. The van der Waals surface area contributed by atoms with Gasteiger partial charge < -0.3 is 4.74 Å². The number of benzene rings is 2. The van der Waals surface area contributed by atoms with Crippen LogP contribution in [0, 0.1) is 17.5 Å². The van der Waals surface area contributed by atoms with Gasteiger partial charge >= 0.3 is 0 Å². The van der Waals surface area contributed by atoms with Gasteiger partial charge in [0.25, 0.3) is 0 Å². The highest BCUT2D eigenvalue weighted by molar-refractivity contribution is 9.08. The van der Waals surface area contributed by atoms with Gasteiger partial charge in [-0.05, 0) is 29.8 Å². The van der Waals surface area contributed by atoms with Gasteiger partial charge in [0.2, 0.25) is 0 Å². The Hall–Kier alpha value is -1.20. The van der Waals surface area contributed by atoms with E-state index in [1.54, 1.807) is 0 Å². The second kappa shape index (κ2) is 5.84. The van der Waals surface area contributed by atoms with Crippen LogP contribution in [0.25, 0.3) is 0 Å². The Kier molecular flexibility index (Phi) is 4.37. The van der Waals surface area contributed by atoms with Crippen molar-refractivity contribution in [3.05, 3.63) is 58.4 Å². The highest BCUT2D eigenvalue weighted by atomic mass is 79.9. The van der Waals surface area contributed by atoms with Crippen LogP contribution in [-0.2, 0) is 5.33 Å². The first-order valence-corrected chi connectivity index (χ1v) is 6.68. The van der Waals surface area contributed by atoms with Crippen LogP contribution < -0.4 is 4.74 Å². The lowest BCUT2D eigenvalue weighted by molar-refractivity contribution is 0.387. The monoisotopic (exact) mass is 350 g/mol. The van der Waals surface area contributed by atoms with Crippen LogP contribution in [0.1, 0.15) is 5.56 Å². The van der Waals surface area contributed by atoms with Gasteiger partial charge in [-0.2, -0.15) is 0 Å². The molecule has 0 aliphatic rings. The molecule has 19 heavy (non-hydrogen) atoms. The molecule has 0 unspecified atom stereocenters. The van der Waals surface area contributed by atoms with Crippen LogP contribution in [0.2, 0.25) is 5.02 Å². The zero-order valence-electron chi connectivity index (χ0n) is 9.39. The molecule has 0 saturated carbocycles. The van der Waals surface area contributed by atoms with Crippen molar-refractivity contribution in [2.24, 2.45) is 0 Å². The van der Waals surface area contributed by atoms with Crippen LogP contribution in [0.5, 0.6) is 11.5 Å². The fraction of sp³-hybridized carbons (Fsp3) is 0.0769. The Morgan fingerprint density at radius 3 is 2.32 bits per heavy atom. The van der Waals surface area contributed by atoms with Gasteiger partial charge in [0, 0.05) is 5.33 Å². The van der Waals surface area contributed by atoms with E-state index in [1.165, 1.54) is 18.2 Å². The van der Waals surface area contributed by atoms with Crippen molar-refractivity contribution in [1.82, 2.24) is 0 Å². The molecule has 100 valence electrons. The van der Waals surface area contributed by atoms with E-state index in [1.807, 2.05) is 0 Å². The summed E-state index contributed by atoms with van der Waals surface area (Å²) in [5.74, 6) is -3.68. The van der Waals surface area contributed by atoms with Crippen molar-refractivity contribution in [3.63, 3.8) is 0 Å². The van der Waals surface area contributed by atoms with Gasteiger partial charge in [0.05, 0.1) is 5.02 Å². The summed E-state index contributed by atoms with van der Waals surface area (Å²) in [4.78, 5) is 0. The molecule has 0 atom stereocenters. The van der Waals surface area contributed by atoms with Crippen LogP contribution >= 0.6 is 27.5 Å². The van der Waals surface area contributed by atoms with Crippen molar-refractivity contribution >= 4 is 27.5 Å². The molecule has 0 heterocycles. The predicted octanol–water partition coefficient (Wildman–Crippen LogP) is 5.44. The van der Waals surface area contributed by atoms with Gasteiger partial charge in [-0.25, -0.2) is 13.2 Å². The average Bonchev–Trinajstić information content (AvgIpc) is 2.38. The van der Waals surface area contributed by atoms with Crippen molar-refractivity contribution in [2.45, 2.75) is 5.33 Å². The predicted molar refractivity (Wildman–Crippen MR) is 70.5 cm³/mol. The maximum Gasteiger partial charge on any atom is 0.198 e. The molecule has 2 rings (SSSR count). The van der Waals surface area contributed by atoms with E-state index in [2.05, 4.69) is 15.9 Å². The van der Waals surface area contributed by atoms with Gasteiger partial charge in [0.15, 0.2) is 29.0 Å². The van der Waals surface area contributed by atoms with E-state index in [0.717, 1.165) is 12.1 Å². The fourth-order valence-corrected chi connectivity index (χ4v) is 1.95. The maximum atomic E-state index is 13.7. The number of hydrogen-bond donors (Lipinski definition) is 0. The van der Waals surface area contributed by atoms with E-state index in [9.17, 15) is 13.2 Å². The van der Waals surface area contributed by atoms with E-state index < -0.39 is 23.2 Å². The minimum atomic E-state index is -0.908. The fourth-order valence-electron chi connectivity index (χ4n) is 1.46. The largest absolute Gasteiger partial charge is 0.448 e. The third-order valence-corrected chi connectivity index (χ3v) is 3.28. The maximum absolute atomic E-state index is 13.7. The molecule has 0 fully saturated rings. The third kappa shape index (κ3) is 3.04. The van der Waals surface area contributed by atoms with E-state index in [-0.39, 0.29) is 10.8 Å². The van der Waals surface area contributed by atoms with Crippen LogP contribution in [-0.4, -0.2) is 0 Å². The highest BCUT2D eigenvalue weighted by Crippen LogP contribution is 2.32. The van der Waals surface area contributed by atoms with Gasteiger partial charge in [-0.15, -0.1) is 0 Å². The number of alkyl halides is 1. The molecule has 0 aliphatic carbocycles. The summed E-state index contributed by atoms with van der Waals surface area (Å²) >= 11 is 8.65. The van der Waals surface area contributed by atoms with E-state index in [4.69, 9.17) is 16.3 Å². The smallest absolute Gasteiger partial charge is 0.198 e. The molecule has 0 radical (unpaired) electrons. The number of rotatable bonds is 3. The second-order valence-electron chi connectivity index (χ2n) is 3.68. The summed E-state index contributed by atoms with van der Waals surface area (Å²) in [5, 5.41) is 0.113. The number of hydrogen-bond acceptors (Lipinski definition) is 1. The van der Waals surface area contributed by atoms with Crippen molar-refractivity contribution in [3.8, 4) is 11.5 Å². The standard InChI is InChI=1S/C13H7BrClF3O/c14-6-7-4-9(16)13(10(17)5-7)19-11-3-1-2-8(15)12(11)18/h1-5H,6H2. The van der Waals surface area contributed by atoms with Crippen molar-refractivity contribution < 1.29 is 17.9 Å². The second-order valence-corrected chi connectivity index (χ2v) is 4.64. The summed E-state index contributed by atoms with van der Waals surface area (Å²) in [6.07, 6.45) is 0. The summed E-state index contributed by atoms with van der Waals surface area (Å²) in [6.45, 7) is 0. The molecule has 0 bridgehead atoms. The van der Waals surface area contributed by atoms with Gasteiger partial charge in [0.1, 0.15) is 0 Å². The molecule has 0 saturated heterocycles. The molecule has 0 amide bonds. The van der Waals surface area contributed by atoms with Gasteiger partial charge in [-0.1, -0.05) is 33.6 Å². The highest BCUT2D eigenvalue weighted by Gasteiger charge is 2.16. The minimum absolute atomic E-state index is 0.185. The van der Waals surface area contributed by atoms with Crippen molar-refractivity contribution in [1.29, 1.82) is 0 Å². The Morgan fingerprint density at radius 2 is 1.74 bits per heavy atom. The Bertz CT molecular complexity index is 596. The van der Waals surface area contributed by atoms with Crippen LogP contribution in [0.15, 0.2) is 30.3 Å². The van der Waals surface area contributed by atoms with Crippen LogP contribution in [0.3, 0.4) is 0 Å². The normalized spacial score (nSPS) is 10.6. The topological polar surface area (TPSA) is 9.23 Å². The minimum Gasteiger partial charge on any atom is -0.448 e. The molecule has 0 N–H and O–H groups in total. The first kappa shape index (κ1) is 14.2. The quantitative estimate of drug-likeness (QED) is 0.669. The summed E-state index contributed by atoms with van der Waals surface area (Å²) in [5.41, 5.74) is 0.411. The molecule has 0 aliphatic heterocycles. The molecule has 0 aromatic heterocycles. The summed E-state index contributed by atoms with van der Waals surface area (Å²) in [7, 11) is 0. The Morgan fingerprint density at radius 1 is 1.11 bits per heavy atom. The van der Waals surface area contributed by atoms with E-state index >= 15 is 0 Å². The molecule has 0 spiro atoms. The molecule has 6 heteroatoms. The zero-order chi connectivity index (χ0) is 14.0. The lowest BCUT2D eigenvalue weighted by Crippen LogP contribution is -1.96. The number of halogens is 5. The first-order chi connectivity index (χ1) is 9.02. The van der Waals surface area contributed by atoms with Crippen molar-refractivity contribution in [2.75, 3.05) is 0 Å². The third-order valence-electron chi connectivity index (χ3n) is 2.34. The molecule has 1 nitrogen and oxygen atoms in total. The SMILES string of the molecule is Fc1cc(CBr)cc(F)c1Oc1cccc(Cl)c1F. The lowest BCUT2D eigenvalue weighted by Gasteiger charge is -2.10. The molecule has 2 aromatic carbocycles. The summed E-state index contributed by atoms with van der Waals surface area (Å²) < 4.78 is 45.9. The Balaban J connectivity index is 2.41. The molecule has 2 aromatic rings. The van der Waals surface area contributed by atoms with Gasteiger partial charge in [-0.3, -0.25) is 0 Å². The molecular weight excluding hydrogens is 344 g/mol. The molecular formula is C13H7BrClF3O. The number of ether oxygens (including phenoxy) is 1. The average molecular weight is 352 g/mol. The zero-order valence-corrected chi connectivity index (χ0v) is 11.7.